The summed E-state index contributed by atoms with van der Waals surface area (Å²) in [5.74, 6) is 1.63. The molecule has 0 heterocycles. The second-order valence-corrected chi connectivity index (χ2v) is 5.41. The molecule has 6 heteroatoms. The number of rotatable bonds is 9. The standard InChI is InChI=1S/C17H28N2O4/c1-6-17(7-2,11-18)16(20)19-10-12-8-13(21-3)15(23-5)14(9-12)22-4/h8-9H,6-7,10-11,18H2,1-5H3,(H,19,20). The minimum Gasteiger partial charge on any atom is -0.493 e. The number of ether oxygens (including phenoxy) is 3. The number of carbonyl (C=O) groups excluding carboxylic acids is 1. The lowest BCUT2D eigenvalue weighted by molar-refractivity contribution is -0.131. The number of benzene rings is 1. The van der Waals surface area contributed by atoms with E-state index in [4.69, 9.17) is 19.9 Å². The highest BCUT2D eigenvalue weighted by atomic mass is 16.5. The molecule has 6 nitrogen and oxygen atoms in total. The largest absolute Gasteiger partial charge is 0.493 e. The van der Waals surface area contributed by atoms with Crippen LogP contribution in [0.4, 0.5) is 0 Å². The zero-order chi connectivity index (χ0) is 17.5. The smallest absolute Gasteiger partial charge is 0.227 e. The molecule has 0 aliphatic rings. The molecular weight excluding hydrogens is 296 g/mol. The number of amides is 1. The van der Waals surface area contributed by atoms with Crippen LogP contribution < -0.4 is 25.3 Å². The van der Waals surface area contributed by atoms with E-state index in [-0.39, 0.29) is 5.91 Å². The molecule has 1 amide bonds. The second-order valence-electron chi connectivity index (χ2n) is 5.41. The zero-order valence-corrected chi connectivity index (χ0v) is 14.7. The Hall–Kier alpha value is -1.95. The van der Waals surface area contributed by atoms with Gasteiger partial charge in [-0.05, 0) is 30.5 Å². The Morgan fingerprint density at radius 3 is 1.96 bits per heavy atom. The fourth-order valence-corrected chi connectivity index (χ4v) is 2.56. The van der Waals surface area contributed by atoms with E-state index in [1.807, 2.05) is 26.0 Å². The maximum atomic E-state index is 12.5. The van der Waals surface area contributed by atoms with E-state index in [1.165, 1.54) is 0 Å². The van der Waals surface area contributed by atoms with Gasteiger partial charge >= 0.3 is 0 Å². The molecule has 0 unspecified atom stereocenters. The molecule has 1 aromatic rings. The van der Waals surface area contributed by atoms with Gasteiger partial charge in [-0.25, -0.2) is 0 Å². The van der Waals surface area contributed by atoms with Crippen LogP contribution in [0.5, 0.6) is 17.2 Å². The van der Waals surface area contributed by atoms with Gasteiger partial charge in [0.15, 0.2) is 11.5 Å². The van der Waals surface area contributed by atoms with Crippen molar-refractivity contribution in [3.8, 4) is 17.2 Å². The first-order valence-corrected chi connectivity index (χ1v) is 7.79. The van der Waals surface area contributed by atoms with Crippen molar-refractivity contribution in [2.24, 2.45) is 11.1 Å². The lowest BCUT2D eigenvalue weighted by Crippen LogP contribution is -2.45. The molecule has 0 saturated heterocycles. The van der Waals surface area contributed by atoms with E-state index >= 15 is 0 Å². The van der Waals surface area contributed by atoms with Crippen LogP contribution in [0.25, 0.3) is 0 Å². The average molecular weight is 324 g/mol. The summed E-state index contributed by atoms with van der Waals surface area (Å²) in [7, 11) is 4.68. The maximum absolute atomic E-state index is 12.5. The lowest BCUT2D eigenvalue weighted by atomic mass is 9.81. The van der Waals surface area contributed by atoms with Crippen LogP contribution in [-0.2, 0) is 11.3 Å². The first-order chi connectivity index (χ1) is 11.0. The Balaban J connectivity index is 2.95. The van der Waals surface area contributed by atoms with Crippen LogP contribution in [0, 0.1) is 5.41 Å². The summed E-state index contributed by atoms with van der Waals surface area (Å²) < 4.78 is 15.9. The third kappa shape index (κ3) is 4.07. The number of carbonyl (C=O) groups is 1. The van der Waals surface area contributed by atoms with E-state index < -0.39 is 5.41 Å². The molecule has 0 saturated carbocycles. The fraction of sp³-hybridized carbons (Fsp3) is 0.588. The third-order valence-electron chi connectivity index (χ3n) is 4.40. The van der Waals surface area contributed by atoms with Crippen molar-refractivity contribution < 1.29 is 19.0 Å². The minimum absolute atomic E-state index is 0.0289. The molecule has 0 aromatic heterocycles. The van der Waals surface area contributed by atoms with Gasteiger partial charge < -0.3 is 25.3 Å². The molecule has 130 valence electrons. The van der Waals surface area contributed by atoms with Gasteiger partial charge in [-0.3, -0.25) is 4.79 Å². The molecule has 3 N–H and O–H groups in total. The Morgan fingerprint density at radius 2 is 1.61 bits per heavy atom. The number of nitrogens with two attached hydrogens (primary N) is 1. The highest BCUT2D eigenvalue weighted by Gasteiger charge is 2.33. The predicted molar refractivity (Wildman–Crippen MR) is 90.0 cm³/mol. The van der Waals surface area contributed by atoms with Gasteiger partial charge in [0.05, 0.1) is 26.7 Å². The van der Waals surface area contributed by atoms with Crippen LogP contribution >= 0.6 is 0 Å². The van der Waals surface area contributed by atoms with Crippen LogP contribution in [0.2, 0.25) is 0 Å². The van der Waals surface area contributed by atoms with Crippen molar-refractivity contribution in [1.82, 2.24) is 5.32 Å². The topological polar surface area (TPSA) is 82.8 Å². The van der Waals surface area contributed by atoms with E-state index in [0.29, 0.717) is 43.2 Å². The Bertz CT molecular complexity index is 494. The van der Waals surface area contributed by atoms with Gasteiger partial charge in [-0.2, -0.15) is 0 Å². The molecule has 23 heavy (non-hydrogen) atoms. The normalized spacial score (nSPS) is 11.0. The SMILES string of the molecule is CCC(CC)(CN)C(=O)NCc1cc(OC)c(OC)c(OC)c1. The molecular formula is C17H28N2O4. The Morgan fingerprint density at radius 1 is 1.09 bits per heavy atom. The summed E-state index contributed by atoms with van der Waals surface area (Å²) in [4.78, 5) is 12.5. The Kier molecular flexibility index (Phi) is 7.16. The number of hydrogen-bond donors (Lipinski definition) is 2. The predicted octanol–water partition coefficient (Wildman–Crippen LogP) is 2.09. The first kappa shape index (κ1) is 19.1. The zero-order valence-electron chi connectivity index (χ0n) is 14.7. The highest BCUT2D eigenvalue weighted by molar-refractivity contribution is 5.82. The van der Waals surface area contributed by atoms with Crippen LogP contribution in [0.3, 0.4) is 0 Å². The molecule has 0 radical (unpaired) electrons. The van der Waals surface area contributed by atoms with Gasteiger partial charge in [-0.15, -0.1) is 0 Å². The molecule has 0 bridgehead atoms. The fourth-order valence-electron chi connectivity index (χ4n) is 2.56. The summed E-state index contributed by atoms with van der Waals surface area (Å²) in [6, 6.07) is 3.65. The van der Waals surface area contributed by atoms with Crippen molar-refractivity contribution in [2.75, 3.05) is 27.9 Å². The van der Waals surface area contributed by atoms with E-state index in [0.717, 1.165) is 5.56 Å². The van der Waals surface area contributed by atoms with E-state index in [9.17, 15) is 4.79 Å². The molecule has 0 spiro atoms. The number of nitrogens with one attached hydrogen (secondary N) is 1. The molecule has 1 aromatic carbocycles. The average Bonchev–Trinajstić information content (AvgIpc) is 2.60. The van der Waals surface area contributed by atoms with Crippen molar-refractivity contribution in [3.05, 3.63) is 17.7 Å². The van der Waals surface area contributed by atoms with Gasteiger partial charge in [-0.1, -0.05) is 13.8 Å². The summed E-state index contributed by atoms with van der Waals surface area (Å²) in [6.45, 7) is 4.67. The minimum atomic E-state index is -0.513. The first-order valence-electron chi connectivity index (χ1n) is 7.79. The van der Waals surface area contributed by atoms with Gasteiger partial charge in [0.1, 0.15) is 0 Å². The summed E-state index contributed by atoms with van der Waals surface area (Å²) in [5.41, 5.74) is 6.16. The van der Waals surface area contributed by atoms with Crippen molar-refractivity contribution in [1.29, 1.82) is 0 Å². The van der Waals surface area contributed by atoms with E-state index in [2.05, 4.69) is 5.32 Å². The van der Waals surface area contributed by atoms with Gasteiger partial charge in [0.2, 0.25) is 11.7 Å². The quantitative estimate of drug-likeness (QED) is 0.727. The summed E-state index contributed by atoms with van der Waals surface area (Å²) >= 11 is 0. The van der Waals surface area contributed by atoms with Crippen LogP contribution in [0.1, 0.15) is 32.3 Å². The monoisotopic (exact) mass is 324 g/mol. The van der Waals surface area contributed by atoms with Crippen molar-refractivity contribution >= 4 is 5.91 Å². The number of methoxy groups -OCH3 is 3. The number of hydrogen-bond acceptors (Lipinski definition) is 5. The summed E-state index contributed by atoms with van der Waals surface area (Å²) in [5, 5.41) is 2.96. The van der Waals surface area contributed by atoms with Crippen molar-refractivity contribution in [2.45, 2.75) is 33.2 Å². The Labute approximate surface area is 138 Å². The molecule has 0 aliphatic carbocycles. The van der Waals surface area contributed by atoms with E-state index in [1.54, 1.807) is 21.3 Å². The molecule has 0 fully saturated rings. The third-order valence-corrected chi connectivity index (χ3v) is 4.40. The molecule has 0 aliphatic heterocycles. The maximum Gasteiger partial charge on any atom is 0.227 e. The van der Waals surface area contributed by atoms with Crippen molar-refractivity contribution in [3.63, 3.8) is 0 Å². The molecule has 1 rings (SSSR count). The summed E-state index contributed by atoms with van der Waals surface area (Å²) in [6.07, 6.45) is 1.42. The second kappa shape index (κ2) is 8.62. The van der Waals surface area contributed by atoms with Gasteiger partial charge in [0.25, 0.3) is 0 Å². The molecule has 0 atom stereocenters. The van der Waals surface area contributed by atoms with Crippen LogP contribution in [0.15, 0.2) is 12.1 Å². The van der Waals surface area contributed by atoms with Crippen LogP contribution in [-0.4, -0.2) is 33.8 Å². The van der Waals surface area contributed by atoms with Gasteiger partial charge in [0, 0.05) is 13.1 Å². The highest BCUT2D eigenvalue weighted by Crippen LogP contribution is 2.38. The lowest BCUT2D eigenvalue weighted by Gasteiger charge is -2.28.